The van der Waals surface area contributed by atoms with Gasteiger partial charge in [0.25, 0.3) is 6.43 Å². The van der Waals surface area contributed by atoms with Crippen LogP contribution in [0, 0.1) is 13.8 Å². The number of alkyl halides is 3. The Bertz CT molecular complexity index is 1150. The molecular formula is C24H27F3N4O2. The minimum atomic E-state index is -3.03. The molecule has 4 heterocycles. The Hall–Kier alpha value is -2.91. The lowest BCUT2D eigenvalue weighted by molar-refractivity contribution is -0.0688. The minimum Gasteiger partial charge on any atom is -0.478 e. The second kappa shape index (κ2) is 9.15. The van der Waals surface area contributed by atoms with Crippen LogP contribution in [-0.4, -0.2) is 69.2 Å². The van der Waals surface area contributed by atoms with Crippen molar-refractivity contribution in [3.05, 3.63) is 59.2 Å². The van der Waals surface area contributed by atoms with E-state index in [-0.39, 0.29) is 24.7 Å². The summed E-state index contributed by atoms with van der Waals surface area (Å²) < 4.78 is 41.2. The molecule has 6 nitrogen and oxygen atoms in total. The normalized spacial score (nSPS) is 17.5. The second-order valence-electron chi connectivity index (χ2n) is 8.50. The van der Waals surface area contributed by atoms with Gasteiger partial charge in [0.05, 0.1) is 11.1 Å². The molecule has 2 unspecified atom stereocenters. The van der Waals surface area contributed by atoms with Gasteiger partial charge in [-0.2, -0.15) is 0 Å². The Labute approximate surface area is 190 Å². The number of aromatic carboxylic acids is 1. The van der Waals surface area contributed by atoms with E-state index in [1.807, 2.05) is 42.6 Å². The number of piperazine rings is 1. The van der Waals surface area contributed by atoms with E-state index in [1.165, 1.54) is 0 Å². The van der Waals surface area contributed by atoms with E-state index >= 15 is 0 Å². The third kappa shape index (κ3) is 4.35. The zero-order valence-electron chi connectivity index (χ0n) is 18.8. The smallest absolute Gasteiger partial charge is 0.336 e. The average Bonchev–Trinajstić information content (AvgIpc) is 3.21. The van der Waals surface area contributed by atoms with E-state index in [2.05, 4.69) is 9.88 Å². The first-order valence-corrected chi connectivity index (χ1v) is 10.9. The molecule has 1 N–H and O–H groups in total. The lowest BCUT2D eigenvalue weighted by Gasteiger charge is -2.39. The highest BCUT2D eigenvalue weighted by Gasteiger charge is 2.32. The van der Waals surface area contributed by atoms with Crippen molar-refractivity contribution in [2.24, 2.45) is 0 Å². The number of hydrogen-bond acceptors (Lipinski definition) is 4. The van der Waals surface area contributed by atoms with E-state index in [1.54, 1.807) is 19.2 Å². The van der Waals surface area contributed by atoms with E-state index in [4.69, 9.17) is 0 Å². The molecule has 33 heavy (non-hydrogen) atoms. The van der Waals surface area contributed by atoms with Gasteiger partial charge in [0.1, 0.15) is 0 Å². The lowest BCUT2D eigenvalue weighted by Crippen LogP contribution is -2.51. The highest BCUT2D eigenvalue weighted by Crippen LogP contribution is 2.34. The number of fused-ring (bicyclic) bond motifs is 1. The summed E-state index contributed by atoms with van der Waals surface area (Å²) >= 11 is 0. The Morgan fingerprint density at radius 1 is 1.06 bits per heavy atom. The minimum absolute atomic E-state index is 0.183. The molecular weight excluding hydrogens is 433 g/mol. The molecule has 1 aliphatic rings. The quantitative estimate of drug-likeness (QED) is 0.547. The van der Waals surface area contributed by atoms with Gasteiger partial charge < -0.3 is 9.51 Å². The zero-order valence-corrected chi connectivity index (χ0v) is 18.8. The molecule has 1 fully saturated rings. The van der Waals surface area contributed by atoms with Crippen LogP contribution in [0.2, 0.25) is 0 Å². The topological polar surface area (TPSA) is 61.1 Å². The number of aryl methyl sites for hydroxylation is 1. The Balaban J connectivity index is 1.73. The number of carboxylic acids is 1. The van der Waals surface area contributed by atoms with E-state index in [0.29, 0.717) is 18.7 Å². The molecule has 3 aromatic rings. The van der Waals surface area contributed by atoms with Crippen LogP contribution in [0.25, 0.3) is 16.6 Å². The molecule has 0 spiro atoms. The van der Waals surface area contributed by atoms with Crippen molar-refractivity contribution in [2.75, 3.05) is 26.2 Å². The molecule has 2 atom stereocenters. The maximum Gasteiger partial charge on any atom is 0.336 e. The molecule has 9 heteroatoms. The molecule has 176 valence electrons. The molecule has 1 saturated heterocycles. The first-order chi connectivity index (χ1) is 15.7. The molecule has 0 radical (unpaired) electrons. The second-order valence-corrected chi connectivity index (χ2v) is 8.50. The maximum atomic E-state index is 13.7. The maximum absolute atomic E-state index is 13.7. The van der Waals surface area contributed by atoms with Crippen molar-refractivity contribution in [1.29, 1.82) is 0 Å². The molecule has 1 aliphatic heterocycles. The fourth-order valence-corrected chi connectivity index (χ4v) is 4.68. The Kier molecular flexibility index (Phi) is 6.45. The summed E-state index contributed by atoms with van der Waals surface area (Å²) in [6, 6.07) is 7.28. The SMILES string of the molecule is Cc1ccc(-c2ccn3c(C(C)N4CCN(C(F)C(F)F)CC4)c(C)c(C(=O)O)cc23)cn1. The number of carbonyl (C=O) groups is 1. The van der Waals surface area contributed by atoms with Gasteiger partial charge in [0.2, 0.25) is 6.30 Å². The standard InChI is InChI=1S/C24H27F3N4O2/c1-14-4-5-17(13-28-14)18-6-7-31-20(18)12-19(24(32)33)15(2)21(31)16(3)29-8-10-30(11-9-29)23(27)22(25)26/h4-7,12-13,16,22-23H,8-11H2,1-3H3,(H,32,33). The third-order valence-corrected chi connectivity index (χ3v) is 6.56. The summed E-state index contributed by atoms with van der Waals surface area (Å²) in [5, 5.41) is 9.87. The molecule has 0 aromatic carbocycles. The van der Waals surface area contributed by atoms with Crippen molar-refractivity contribution in [1.82, 2.24) is 19.2 Å². The average molecular weight is 461 g/mol. The summed E-state index contributed by atoms with van der Waals surface area (Å²) in [5.74, 6) is -1.01. The summed E-state index contributed by atoms with van der Waals surface area (Å²) in [6.07, 6.45) is -1.61. The van der Waals surface area contributed by atoms with Crippen molar-refractivity contribution >= 4 is 11.5 Å². The number of hydrogen-bond donors (Lipinski definition) is 1. The Morgan fingerprint density at radius 3 is 2.30 bits per heavy atom. The molecule has 3 aromatic heterocycles. The van der Waals surface area contributed by atoms with E-state index in [9.17, 15) is 23.1 Å². The molecule has 0 aliphatic carbocycles. The first kappa shape index (κ1) is 23.3. The fraction of sp³-hybridized carbons (Fsp3) is 0.417. The predicted octanol–water partition coefficient (Wildman–Crippen LogP) is 4.56. The van der Waals surface area contributed by atoms with Crippen LogP contribution < -0.4 is 0 Å². The largest absolute Gasteiger partial charge is 0.478 e. The number of nitrogens with zero attached hydrogens (tertiary/aromatic N) is 4. The predicted molar refractivity (Wildman–Crippen MR) is 120 cm³/mol. The fourth-order valence-electron chi connectivity index (χ4n) is 4.68. The van der Waals surface area contributed by atoms with Crippen LogP contribution in [0.15, 0.2) is 36.7 Å². The number of pyridine rings is 2. The molecule has 0 bridgehead atoms. The van der Waals surface area contributed by atoms with Crippen molar-refractivity contribution in [3.8, 4) is 11.1 Å². The van der Waals surface area contributed by atoms with Gasteiger partial charge in [-0.05, 0) is 44.5 Å². The van der Waals surface area contributed by atoms with Crippen LogP contribution in [0.5, 0.6) is 0 Å². The van der Waals surface area contributed by atoms with Gasteiger partial charge >= 0.3 is 5.97 Å². The van der Waals surface area contributed by atoms with Gasteiger partial charge in [-0.25, -0.2) is 18.0 Å². The monoisotopic (exact) mass is 460 g/mol. The van der Waals surface area contributed by atoms with Gasteiger partial charge in [-0.15, -0.1) is 0 Å². The highest BCUT2D eigenvalue weighted by atomic mass is 19.3. The summed E-state index contributed by atoms with van der Waals surface area (Å²) in [6.45, 7) is 6.83. The van der Waals surface area contributed by atoms with Crippen molar-refractivity contribution < 1.29 is 23.1 Å². The highest BCUT2D eigenvalue weighted by molar-refractivity contribution is 5.94. The molecule has 0 saturated carbocycles. The van der Waals surface area contributed by atoms with Crippen LogP contribution in [-0.2, 0) is 0 Å². The van der Waals surface area contributed by atoms with Gasteiger partial charge in [0, 0.05) is 67.1 Å². The van der Waals surface area contributed by atoms with E-state index in [0.717, 1.165) is 32.9 Å². The number of carboxylic acid groups (broad SMARTS) is 1. The number of rotatable bonds is 6. The van der Waals surface area contributed by atoms with Crippen molar-refractivity contribution in [2.45, 2.75) is 39.5 Å². The number of aromatic nitrogens is 2. The molecule has 0 amide bonds. The van der Waals surface area contributed by atoms with Gasteiger partial charge in [0.15, 0.2) is 0 Å². The first-order valence-electron chi connectivity index (χ1n) is 10.9. The zero-order chi connectivity index (χ0) is 23.9. The summed E-state index contributed by atoms with van der Waals surface area (Å²) in [7, 11) is 0. The number of halogens is 3. The summed E-state index contributed by atoms with van der Waals surface area (Å²) in [5.41, 5.74) is 5.08. The van der Waals surface area contributed by atoms with Crippen molar-refractivity contribution in [3.63, 3.8) is 0 Å². The van der Waals surface area contributed by atoms with Crippen LogP contribution in [0.1, 0.15) is 40.3 Å². The van der Waals surface area contributed by atoms with Gasteiger partial charge in [-0.1, -0.05) is 6.07 Å². The lowest BCUT2D eigenvalue weighted by atomic mass is 9.99. The van der Waals surface area contributed by atoms with Crippen LogP contribution in [0.4, 0.5) is 13.2 Å². The molecule has 4 rings (SSSR count). The van der Waals surface area contributed by atoms with Crippen LogP contribution >= 0.6 is 0 Å². The van der Waals surface area contributed by atoms with Crippen LogP contribution in [0.3, 0.4) is 0 Å². The summed E-state index contributed by atoms with van der Waals surface area (Å²) in [4.78, 5) is 19.7. The van der Waals surface area contributed by atoms with Gasteiger partial charge in [-0.3, -0.25) is 14.8 Å². The van der Waals surface area contributed by atoms with E-state index < -0.39 is 18.7 Å². The third-order valence-electron chi connectivity index (χ3n) is 6.56. The Morgan fingerprint density at radius 2 is 1.73 bits per heavy atom.